The van der Waals surface area contributed by atoms with Gasteiger partial charge < -0.3 is 57.6 Å². The minimum Gasteiger partial charge on any atom is -0.480 e. The zero-order valence-electron chi connectivity index (χ0n) is 33.9. The molecule has 0 aromatic rings. The van der Waals surface area contributed by atoms with Crippen molar-refractivity contribution >= 4 is 47.8 Å². The van der Waals surface area contributed by atoms with E-state index in [0.717, 1.165) is 31.4 Å². The highest BCUT2D eigenvalue weighted by Gasteiger charge is 2.58. The van der Waals surface area contributed by atoms with Crippen LogP contribution in [-0.2, 0) is 85.7 Å². The summed E-state index contributed by atoms with van der Waals surface area (Å²) >= 11 is 0. The predicted molar refractivity (Wildman–Crippen MR) is 206 cm³/mol. The maximum absolute atomic E-state index is 13.0. The van der Waals surface area contributed by atoms with Gasteiger partial charge in [-0.2, -0.15) is 0 Å². The van der Waals surface area contributed by atoms with Crippen molar-refractivity contribution in [1.82, 2.24) is 0 Å². The fourth-order valence-corrected chi connectivity index (χ4v) is 8.22. The van der Waals surface area contributed by atoms with Crippen molar-refractivity contribution < 1.29 is 95.9 Å². The number of rotatable bonds is 6. The molecule has 5 aliphatic heterocycles. The summed E-state index contributed by atoms with van der Waals surface area (Å²) in [6.07, 6.45) is 15.2. The van der Waals surface area contributed by atoms with Gasteiger partial charge in [0, 0.05) is 64.2 Å². The SMILES string of the molecule is C=C1C(=O)OC2(CCC3(CC2)OC(=O)C(=CC=CC=CC2=C(O)OC4(CCC5(CC4)OC(=O)C(/C=C/C=C/C=C4C(=O)OC6(CCCCC6)OC4=O)=C(O)O5)OC2=O)C(=O)O3)OC1=O. The van der Waals surface area contributed by atoms with Crippen LogP contribution in [0.2, 0.25) is 0 Å². The van der Waals surface area contributed by atoms with E-state index in [1.54, 1.807) is 0 Å². The Labute approximate surface area is 362 Å². The smallest absolute Gasteiger partial charge is 0.348 e. The second kappa shape index (κ2) is 16.4. The number of aliphatic hydroxyl groups excluding tert-OH is 2. The first-order chi connectivity index (χ1) is 30.5. The monoisotopic (exact) mass is 888 g/mol. The van der Waals surface area contributed by atoms with Gasteiger partial charge in [-0.15, -0.1) is 0 Å². The average Bonchev–Trinajstić information content (AvgIpc) is 3.23. The van der Waals surface area contributed by atoms with E-state index in [-0.39, 0.29) is 68.1 Å². The van der Waals surface area contributed by atoms with Crippen LogP contribution in [0.4, 0.5) is 0 Å². The van der Waals surface area contributed by atoms with Crippen LogP contribution in [0.5, 0.6) is 0 Å². The van der Waals surface area contributed by atoms with Gasteiger partial charge in [0.05, 0.1) is 0 Å². The lowest BCUT2D eigenvalue weighted by atomic mass is 9.87. The molecule has 0 radical (unpaired) electrons. The number of hydrogen-bond donors (Lipinski definition) is 2. The summed E-state index contributed by atoms with van der Waals surface area (Å²) in [7, 11) is 0. The van der Waals surface area contributed by atoms with Crippen LogP contribution in [-0.4, -0.2) is 86.9 Å². The third-order valence-electron chi connectivity index (χ3n) is 11.7. The lowest BCUT2D eigenvalue weighted by Crippen LogP contribution is -2.55. The highest BCUT2D eigenvalue weighted by molar-refractivity contribution is 6.16. The van der Waals surface area contributed by atoms with E-state index < -0.39 is 99.7 Å². The summed E-state index contributed by atoms with van der Waals surface area (Å²) in [5.41, 5.74) is -1.86. The van der Waals surface area contributed by atoms with Crippen LogP contribution in [0.1, 0.15) is 83.5 Å². The Morgan fingerprint density at radius 1 is 0.359 bits per heavy atom. The van der Waals surface area contributed by atoms with E-state index >= 15 is 0 Å². The third kappa shape index (κ3) is 8.41. The molecule has 2 N–H and O–H groups in total. The van der Waals surface area contributed by atoms with Crippen LogP contribution in [0, 0.1) is 0 Å². The topological polar surface area (TPSA) is 269 Å². The number of esters is 8. The first kappa shape index (κ1) is 43.3. The van der Waals surface area contributed by atoms with Crippen LogP contribution >= 0.6 is 0 Å². The van der Waals surface area contributed by atoms with E-state index in [4.69, 9.17) is 47.4 Å². The largest absolute Gasteiger partial charge is 0.480 e. The minimum absolute atomic E-state index is 0.100. The lowest BCUT2D eigenvalue weighted by molar-refractivity contribution is -0.302. The standard InChI is InChI=1S/C44H40O20/c1-25-30(45)55-41(56-31(25)46)17-19-42(20-18-41)59-34(49)27(35(50)60-42)13-7-3-8-14-29-38(53)63-44(64-39(29)54)23-21-43(22-24-44)61-36(51)28(37(52)62-43)12-6-2-5-11-26-32(47)57-40(58-33(26)48)15-9-4-10-16-40/h2-3,5-8,11-14,51,53H,1,4,9-10,15-24H2/b5-2+,7-3?,12-6+,14-8?. The van der Waals surface area contributed by atoms with Crippen LogP contribution < -0.4 is 0 Å². The minimum atomic E-state index is -1.66. The molecule has 64 heavy (non-hydrogen) atoms. The second-order valence-electron chi connectivity index (χ2n) is 16.0. The number of ether oxygens (including phenoxy) is 10. The van der Waals surface area contributed by atoms with E-state index in [1.165, 1.54) is 48.6 Å². The van der Waals surface area contributed by atoms with Gasteiger partial charge in [0.15, 0.2) is 0 Å². The van der Waals surface area contributed by atoms with Crippen molar-refractivity contribution in [3.05, 3.63) is 107 Å². The molecule has 8 aliphatic rings. The number of hydrogen-bond acceptors (Lipinski definition) is 20. The quantitative estimate of drug-likeness (QED) is 0.124. The van der Waals surface area contributed by atoms with E-state index in [0.29, 0.717) is 12.8 Å². The van der Waals surface area contributed by atoms with Crippen LogP contribution in [0.15, 0.2) is 107 Å². The molecule has 3 saturated carbocycles. The molecule has 3 aliphatic carbocycles. The molecule has 0 bridgehead atoms. The highest BCUT2D eigenvalue weighted by atomic mass is 16.8. The van der Waals surface area contributed by atoms with Gasteiger partial charge >= 0.3 is 47.8 Å². The number of carbonyl (C=O) groups is 8. The van der Waals surface area contributed by atoms with Gasteiger partial charge in [0.1, 0.15) is 27.9 Å². The van der Waals surface area contributed by atoms with Gasteiger partial charge in [-0.25, -0.2) is 38.4 Å². The van der Waals surface area contributed by atoms with Gasteiger partial charge in [0.2, 0.25) is 0 Å². The highest BCUT2D eigenvalue weighted by Crippen LogP contribution is 2.47. The molecular formula is C44H40O20. The number of allylic oxidation sites excluding steroid dienone is 8. The summed E-state index contributed by atoms with van der Waals surface area (Å²) in [5, 5.41) is 21.3. The average molecular weight is 889 g/mol. The Morgan fingerprint density at radius 3 is 1.00 bits per heavy atom. The van der Waals surface area contributed by atoms with Gasteiger partial charge in [0.25, 0.3) is 40.8 Å². The molecule has 336 valence electrons. The molecule has 0 atom stereocenters. The Balaban J connectivity index is 0.816. The van der Waals surface area contributed by atoms with Crippen LogP contribution in [0.25, 0.3) is 0 Å². The molecule has 8 rings (SSSR count). The van der Waals surface area contributed by atoms with E-state index in [2.05, 4.69) is 6.58 Å². The fourth-order valence-electron chi connectivity index (χ4n) is 8.22. The second-order valence-corrected chi connectivity index (χ2v) is 16.0. The molecule has 0 aromatic carbocycles. The van der Waals surface area contributed by atoms with Crippen molar-refractivity contribution in [2.45, 2.75) is 112 Å². The Bertz CT molecular complexity index is 2310. The Morgan fingerprint density at radius 2 is 0.656 bits per heavy atom. The van der Waals surface area contributed by atoms with Crippen molar-refractivity contribution in [2.75, 3.05) is 0 Å². The summed E-state index contributed by atoms with van der Waals surface area (Å²) < 4.78 is 54.7. The molecule has 0 unspecified atom stereocenters. The number of carbonyl (C=O) groups excluding carboxylic acids is 8. The maximum atomic E-state index is 13.0. The molecule has 5 spiro atoms. The zero-order chi connectivity index (χ0) is 45.5. The van der Waals surface area contributed by atoms with Gasteiger partial charge in [-0.05, 0) is 37.1 Å². The maximum Gasteiger partial charge on any atom is 0.348 e. The molecule has 20 nitrogen and oxygen atoms in total. The first-order valence-corrected chi connectivity index (χ1v) is 20.4. The Kier molecular flexibility index (Phi) is 11.1. The lowest BCUT2D eigenvalue weighted by Gasteiger charge is -2.46. The summed E-state index contributed by atoms with van der Waals surface area (Å²) in [5.74, 6) is -16.5. The van der Waals surface area contributed by atoms with E-state index in [1.807, 2.05) is 0 Å². The molecule has 0 amide bonds. The summed E-state index contributed by atoms with van der Waals surface area (Å²) in [4.78, 5) is 101. The molecule has 5 heterocycles. The van der Waals surface area contributed by atoms with E-state index in [9.17, 15) is 48.6 Å². The molecular weight excluding hydrogens is 848 g/mol. The predicted octanol–water partition coefficient (Wildman–Crippen LogP) is 4.20. The van der Waals surface area contributed by atoms with Crippen molar-refractivity contribution in [3.8, 4) is 0 Å². The normalized spacial score (nSPS) is 25.9. The van der Waals surface area contributed by atoms with Crippen molar-refractivity contribution in [1.29, 1.82) is 0 Å². The third-order valence-corrected chi connectivity index (χ3v) is 11.7. The summed E-state index contributed by atoms with van der Waals surface area (Å²) in [6.45, 7) is 3.31. The van der Waals surface area contributed by atoms with Crippen molar-refractivity contribution in [3.63, 3.8) is 0 Å². The van der Waals surface area contributed by atoms with Gasteiger partial charge in [-0.3, -0.25) is 0 Å². The van der Waals surface area contributed by atoms with Gasteiger partial charge in [-0.1, -0.05) is 49.5 Å². The molecule has 20 heteroatoms. The molecule has 6 fully saturated rings. The molecule has 0 aromatic heterocycles. The first-order valence-electron chi connectivity index (χ1n) is 20.4. The summed E-state index contributed by atoms with van der Waals surface area (Å²) in [6, 6.07) is 0. The van der Waals surface area contributed by atoms with Crippen molar-refractivity contribution in [2.24, 2.45) is 0 Å². The molecule has 3 saturated heterocycles. The van der Waals surface area contributed by atoms with Crippen LogP contribution in [0.3, 0.4) is 0 Å². The fraction of sp³-hybridized carbons (Fsp3) is 0.409. The number of aliphatic hydroxyl groups is 2. The zero-order valence-corrected chi connectivity index (χ0v) is 33.9. The Hall–Kier alpha value is -7.38.